The Morgan fingerprint density at radius 3 is 2.50 bits per heavy atom. The number of hydrogen-bond acceptors (Lipinski definition) is 4. The van der Waals surface area contributed by atoms with E-state index >= 15 is 0 Å². The Kier molecular flexibility index (Phi) is 3.22. The third-order valence-electron chi connectivity index (χ3n) is 2.33. The molecule has 0 spiro atoms. The quantitative estimate of drug-likeness (QED) is 0.613. The van der Waals surface area contributed by atoms with E-state index in [1.165, 1.54) is 6.07 Å². The van der Waals surface area contributed by atoms with Gasteiger partial charge in [0.2, 0.25) is 0 Å². The van der Waals surface area contributed by atoms with Crippen molar-refractivity contribution in [3.05, 3.63) is 57.2 Å². The maximum absolute atomic E-state index is 10.6. The molecule has 0 amide bonds. The second kappa shape index (κ2) is 4.82. The molecule has 0 fully saturated rings. The lowest BCUT2D eigenvalue weighted by atomic mass is 10.1. The van der Waals surface area contributed by atoms with Gasteiger partial charge < -0.3 is 0 Å². The summed E-state index contributed by atoms with van der Waals surface area (Å²) in [4.78, 5) is 14.0. The van der Waals surface area contributed by atoms with E-state index in [9.17, 15) is 10.1 Å². The molecule has 18 heavy (non-hydrogen) atoms. The predicted octanol–water partition coefficient (Wildman–Crippen LogP) is 3.18. The first-order valence-corrected chi connectivity index (χ1v) is 5.30. The summed E-state index contributed by atoms with van der Waals surface area (Å²) in [6.45, 7) is 0. The molecule has 0 aliphatic carbocycles. The highest BCUT2D eigenvalue weighted by Crippen LogP contribution is 2.28. The van der Waals surface area contributed by atoms with Crippen LogP contribution in [-0.4, -0.2) is 9.91 Å². The van der Waals surface area contributed by atoms with Crippen LogP contribution < -0.4 is 0 Å². The van der Waals surface area contributed by atoms with Crippen LogP contribution in [0.4, 0.5) is 5.69 Å². The predicted molar refractivity (Wildman–Crippen MR) is 66.1 cm³/mol. The maximum Gasteiger partial charge on any atom is 0.289 e. The molecule has 0 unspecified atom stereocenters. The summed E-state index contributed by atoms with van der Waals surface area (Å²) in [5.41, 5.74) is 1.52. The van der Waals surface area contributed by atoms with Gasteiger partial charge in [-0.1, -0.05) is 23.7 Å². The number of nitrogens with zero attached hydrogens (tertiary/aromatic N) is 3. The van der Waals surface area contributed by atoms with E-state index in [0.29, 0.717) is 16.8 Å². The summed E-state index contributed by atoms with van der Waals surface area (Å²) in [7, 11) is 0. The first-order chi connectivity index (χ1) is 8.61. The van der Waals surface area contributed by atoms with Gasteiger partial charge >= 0.3 is 0 Å². The molecule has 1 aromatic heterocycles. The van der Waals surface area contributed by atoms with Crippen molar-refractivity contribution in [3.8, 4) is 17.3 Å². The molecule has 0 saturated heterocycles. The van der Waals surface area contributed by atoms with Crippen molar-refractivity contribution in [3.63, 3.8) is 0 Å². The van der Waals surface area contributed by atoms with Crippen LogP contribution in [0.2, 0.25) is 5.02 Å². The molecule has 6 heteroatoms. The summed E-state index contributed by atoms with van der Waals surface area (Å²) < 4.78 is 0. The second-order valence-electron chi connectivity index (χ2n) is 3.47. The molecule has 0 atom stereocenters. The lowest BCUT2D eigenvalue weighted by Gasteiger charge is -2.03. The zero-order valence-corrected chi connectivity index (χ0v) is 9.76. The van der Waals surface area contributed by atoms with Gasteiger partial charge in [-0.2, -0.15) is 5.26 Å². The molecule has 0 N–H and O–H groups in total. The van der Waals surface area contributed by atoms with E-state index in [4.69, 9.17) is 16.9 Å². The molecule has 1 heterocycles. The zero-order chi connectivity index (χ0) is 13.1. The minimum atomic E-state index is -0.554. The fraction of sp³-hybridized carbons (Fsp3) is 0. The van der Waals surface area contributed by atoms with Crippen LogP contribution in [0.3, 0.4) is 0 Å². The van der Waals surface area contributed by atoms with Gasteiger partial charge in [0.25, 0.3) is 5.69 Å². The van der Waals surface area contributed by atoms with Gasteiger partial charge in [0.05, 0.1) is 27.3 Å². The smallest absolute Gasteiger partial charge is 0.258 e. The van der Waals surface area contributed by atoms with Crippen molar-refractivity contribution < 1.29 is 4.92 Å². The van der Waals surface area contributed by atoms with Crippen molar-refractivity contribution >= 4 is 17.3 Å². The number of pyridine rings is 1. The molecule has 2 rings (SSSR count). The van der Waals surface area contributed by atoms with Crippen LogP contribution in [0, 0.1) is 21.4 Å². The minimum Gasteiger partial charge on any atom is -0.258 e. The zero-order valence-electron chi connectivity index (χ0n) is 9.00. The fourth-order valence-corrected chi connectivity index (χ4v) is 1.71. The summed E-state index contributed by atoms with van der Waals surface area (Å²) >= 11 is 5.95. The molecular formula is C12H6ClN3O2. The Morgan fingerprint density at radius 1 is 1.33 bits per heavy atom. The van der Waals surface area contributed by atoms with E-state index in [1.807, 2.05) is 6.07 Å². The monoisotopic (exact) mass is 259 g/mol. The highest BCUT2D eigenvalue weighted by molar-refractivity contribution is 6.33. The molecule has 0 aliphatic rings. The van der Waals surface area contributed by atoms with Gasteiger partial charge in [-0.15, -0.1) is 0 Å². The third kappa shape index (κ3) is 2.29. The number of aromatic nitrogens is 1. The van der Waals surface area contributed by atoms with Crippen LogP contribution in [0.25, 0.3) is 11.3 Å². The SMILES string of the molecule is N#Cc1ccc(-c2ncc([N+](=O)[O-])cc2Cl)cc1. The minimum absolute atomic E-state index is 0.155. The molecule has 0 radical (unpaired) electrons. The Labute approximate surface area is 107 Å². The van der Waals surface area contributed by atoms with E-state index in [1.54, 1.807) is 24.3 Å². The summed E-state index contributed by atoms with van der Waals surface area (Å²) in [6.07, 6.45) is 1.15. The number of halogens is 1. The number of nitriles is 1. The number of benzene rings is 1. The average Bonchev–Trinajstić information content (AvgIpc) is 2.38. The van der Waals surface area contributed by atoms with Crippen molar-refractivity contribution in [2.75, 3.05) is 0 Å². The van der Waals surface area contributed by atoms with Crippen LogP contribution in [0.15, 0.2) is 36.5 Å². The van der Waals surface area contributed by atoms with E-state index in [-0.39, 0.29) is 10.7 Å². The molecule has 88 valence electrons. The normalized spacial score (nSPS) is 9.78. The number of hydrogen-bond donors (Lipinski definition) is 0. The van der Waals surface area contributed by atoms with Gasteiger partial charge in [-0.3, -0.25) is 10.1 Å². The lowest BCUT2D eigenvalue weighted by Crippen LogP contribution is -1.91. The molecule has 0 bridgehead atoms. The van der Waals surface area contributed by atoms with Crippen LogP contribution in [0.5, 0.6) is 0 Å². The van der Waals surface area contributed by atoms with Crippen molar-refractivity contribution in [1.29, 1.82) is 5.26 Å². The summed E-state index contributed by atoms with van der Waals surface area (Å²) in [5, 5.41) is 19.4. The lowest BCUT2D eigenvalue weighted by molar-refractivity contribution is -0.385. The highest BCUT2D eigenvalue weighted by atomic mass is 35.5. The van der Waals surface area contributed by atoms with Gasteiger partial charge in [-0.25, -0.2) is 4.98 Å². The molecule has 0 aliphatic heterocycles. The maximum atomic E-state index is 10.6. The van der Waals surface area contributed by atoms with Crippen LogP contribution in [0.1, 0.15) is 5.56 Å². The largest absolute Gasteiger partial charge is 0.289 e. The Balaban J connectivity index is 2.45. The molecule has 2 aromatic rings. The highest BCUT2D eigenvalue weighted by Gasteiger charge is 2.12. The summed E-state index contributed by atoms with van der Waals surface area (Å²) in [5.74, 6) is 0. The van der Waals surface area contributed by atoms with Gasteiger partial charge in [0, 0.05) is 11.6 Å². The molecule has 1 aromatic carbocycles. The Morgan fingerprint density at radius 2 is 2.00 bits per heavy atom. The average molecular weight is 260 g/mol. The van der Waals surface area contributed by atoms with Crippen molar-refractivity contribution in [2.24, 2.45) is 0 Å². The number of nitro groups is 1. The first kappa shape index (κ1) is 12.0. The standard InChI is InChI=1S/C12H6ClN3O2/c13-11-5-10(16(17)18)7-15-12(11)9-3-1-8(6-14)2-4-9/h1-5,7H. The van der Waals surface area contributed by atoms with Gasteiger partial charge in [-0.05, 0) is 12.1 Å². The third-order valence-corrected chi connectivity index (χ3v) is 2.61. The van der Waals surface area contributed by atoms with Crippen molar-refractivity contribution in [1.82, 2.24) is 4.98 Å². The van der Waals surface area contributed by atoms with E-state index in [2.05, 4.69) is 4.98 Å². The molecule has 5 nitrogen and oxygen atoms in total. The first-order valence-electron chi connectivity index (χ1n) is 4.92. The summed E-state index contributed by atoms with van der Waals surface area (Å²) in [6, 6.07) is 9.91. The van der Waals surface area contributed by atoms with Crippen LogP contribution >= 0.6 is 11.6 Å². The fourth-order valence-electron chi connectivity index (χ4n) is 1.44. The van der Waals surface area contributed by atoms with Gasteiger partial charge in [0.1, 0.15) is 6.20 Å². The van der Waals surface area contributed by atoms with Crippen LogP contribution in [-0.2, 0) is 0 Å². The Bertz CT molecular complexity index is 647. The number of rotatable bonds is 2. The Hall–Kier alpha value is -2.45. The van der Waals surface area contributed by atoms with Crippen molar-refractivity contribution in [2.45, 2.75) is 0 Å². The second-order valence-corrected chi connectivity index (χ2v) is 3.88. The topological polar surface area (TPSA) is 79.8 Å². The molecule has 0 saturated carbocycles. The van der Waals surface area contributed by atoms with E-state index < -0.39 is 4.92 Å². The van der Waals surface area contributed by atoms with E-state index in [0.717, 1.165) is 6.20 Å². The molecular weight excluding hydrogens is 254 g/mol. The van der Waals surface area contributed by atoms with Gasteiger partial charge in [0.15, 0.2) is 0 Å².